The van der Waals surface area contributed by atoms with Crippen LogP contribution in [0, 0.1) is 12.3 Å². The lowest BCUT2D eigenvalue weighted by atomic mass is 10.1. The first-order valence-electron chi connectivity index (χ1n) is 4.07. The standard InChI is InChI=1S/C9H14O4/c1-3-5-8(7(11)6-10)13-9(12)4-2/h1,7-8,10-11H,4-6H2,2H3. The van der Waals surface area contributed by atoms with Crippen molar-refractivity contribution in [1.29, 1.82) is 0 Å². The Hall–Kier alpha value is -1.05. The minimum atomic E-state index is -1.11. The lowest BCUT2D eigenvalue weighted by Gasteiger charge is -2.19. The highest BCUT2D eigenvalue weighted by atomic mass is 16.6. The number of terminal acetylenes is 1. The second kappa shape index (κ2) is 6.46. The Balaban J connectivity index is 4.10. The molecule has 0 saturated carbocycles. The van der Waals surface area contributed by atoms with Gasteiger partial charge in [0.05, 0.1) is 6.61 Å². The second-order valence-electron chi connectivity index (χ2n) is 2.54. The smallest absolute Gasteiger partial charge is 0.305 e. The van der Waals surface area contributed by atoms with E-state index < -0.39 is 24.8 Å². The van der Waals surface area contributed by atoms with Crippen molar-refractivity contribution in [3.8, 4) is 12.3 Å². The predicted molar refractivity (Wildman–Crippen MR) is 46.7 cm³/mol. The van der Waals surface area contributed by atoms with E-state index in [2.05, 4.69) is 5.92 Å². The van der Waals surface area contributed by atoms with E-state index in [-0.39, 0.29) is 12.8 Å². The van der Waals surface area contributed by atoms with E-state index in [4.69, 9.17) is 16.3 Å². The average Bonchev–Trinajstić information content (AvgIpc) is 2.15. The molecule has 4 heteroatoms. The maximum absolute atomic E-state index is 10.8. The molecule has 0 saturated heterocycles. The van der Waals surface area contributed by atoms with Crippen LogP contribution < -0.4 is 0 Å². The molecule has 0 aromatic rings. The number of rotatable bonds is 5. The first-order valence-corrected chi connectivity index (χ1v) is 4.07. The topological polar surface area (TPSA) is 66.8 Å². The van der Waals surface area contributed by atoms with Gasteiger partial charge in [-0.1, -0.05) is 6.92 Å². The summed E-state index contributed by atoms with van der Waals surface area (Å²) in [5.41, 5.74) is 0. The zero-order valence-corrected chi connectivity index (χ0v) is 7.56. The molecule has 0 aromatic carbocycles. The highest BCUT2D eigenvalue weighted by molar-refractivity contribution is 5.69. The van der Waals surface area contributed by atoms with Gasteiger partial charge in [-0.15, -0.1) is 12.3 Å². The van der Waals surface area contributed by atoms with Crippen molar-refractivity contribution in [2.75, 3.05) is 6.61 Å². The molecule has 0 heterocycles. The molecule has 0 fully saturated rings. The van der Waals surface area contributed by atoms with Gasteiger partial charge in [0.2, 0.25) is 0 Å². The van der Waals surface area contributed by atoms with Gasteiger partial charge in [0, 0.05) is 12.8 Å². The number of carbonyl (C=O) groups excluding carboxylic acids is 1. The molecule has 0 aromatic heterocycles. The van der Waals surface area contributed by atoms with Crippen LogP contribution in [-0.4, -0.2) is 35.0 Å². The summed E-state index contributed by atoms with van der Waals surface area (Å²) in [5.74, 6) is 1.83. The van der Waals surface area contributed by atoms with Crippen molar-refractivity contribution < 1.29 is 19.7 Å². The molecule has 13 heavy (non-hydrogen) atoms. The van der Waals surface area contributed by atoms with E-state index in [9.17, 15) is 9.90 Å². The number of ether oxygens (including phenoxy) is 1. The Morgan fingerprint density at radius 2 is 2.31 bits per heavy atom. The summed E-state index contributed by atoms with van der Waals surface area (Å²) in [6.45, 7) is 1.17. The van der Waals surface area contributed by atoms with E-state index in [1.165, 1.54) is 0 Å². The molecule has 0 bridgehead atoms. The molecule has 0 rings (SSSR count). The van der Waals surface area contributed by atoms with Crippen LogP contribution in [0.4, 0.5) is 0 Å². The van der Waals surface area contributed by atoms with Crippen LogP contribution >= 0.6 is 0 Å². The number of aliphatic hydroxyl groups excluding tert-OH is 2. The normalized spacial score (nSPS) is 14.3. The number of carbonyl (C=O) groups is 1. The van der Waals surface area contributed by atoms with Gasteiger partial charge in [0.25, 0.3) is 0 Å². The summed E-state index contributed by atoms with van der Waals surface area (Å²) in [6, 6.07) is 0. The molecule has 0 aliphatic carbocycles. The van der Waals surface area contributed by atoms with Crippen molar-refractivity contribution in [2.24, 2.45) is 0 Å². The van der Waals surface area contributed by atoms with E-state index in [0.29, 0.717) is 0 Å². The van der Waals surface area contributed by atoms with E-state index >= 15 is 0 Å². The third kappa shape index (κ3) is 4.51. The second-order valence-corrected chi connectivity index (χ2v) is 2.54. The quantitative estimate of drug-likeness (QED) is 0.456. The Morgan fingerprint density at radius 3 is 2.69 bits per heavy atom. The zero-order chi connectivity index (χ0) is 10.3. The summed E-state index contributed by atoms with van der Waals surface area (Å²) >= 11 is 0. The molecular weight excluding hydrogens is 172 g/mol. The Bertz CT molecular complexity index is 194. The summed E-state index contributed by atoms with van der Waals surface area (Å²) in [4.78, 5) is 10.8. The van der Waals surface area contributed by atoms with Crippen molar-refractivity contribution in [1.82, 2.24) is 0 Å². The number of esters is 1. The van der Waals surface area contributed by atoms with Gasteiger partial charge in [-0.2, -0.15) is 0 Å². The van der Waals surface area contributed by atoms with Gasteiger partial charge < -0.3 is 14.9 Å². The molecule has 2 unspecified atom stereocenters. The molecule has 0 aliphatic rings. The third-order valence-electron chi connectivity index (χ3n) is 1.51. The number of hydrogen-bond donors (Lipinski definition) is 2. The van der Waals surface area contributed by atoms with E-state index in [0.717, 1.165) is 0 Å². The highest BCUT2D eigenvalue weighted by Crippen LogP contribution is 2.05. The molecule has 2 atom stereocenters. The van der Waals surface area contributed by atoms with Crippen molar-refractivity contribution in [3.05, 3.63) is 0 Å². The van der Waals surface area contributed by atoms with Crippen LogP contribution in [-0.2, 0) is 9.53 Å². The molecule has 74 valence electrons. The Labute approximate surface area is 77.5 Å². The molecule has 0 amide bonds. The van der Waals surface area contributed by atoms with Crippen LogP contribution in [0.15, 0.2) is 0 Å². The first kappa shape index (κ1) is 11.9. The van der Waals surface area contributed by atoms with Gasteiger partial charge in [0.15, 0.2) is 0 Å². The molecule has 0 spiro atoms. The first-order chi connectivity index (χ1) is 6.15. The Morgan fingerprint density at radius 1 is 1.69 bits per heavy atom. The lowest BCUT2D eigenvalue weighted by Crippen LogP contribution is -2.33. The molecular formula is C9H14O4. The summed E-state index contributed by atoms with van der Waals surface area (Å²) in [6.07, 6.45) is 3.42. The average molecular weight is 186 g/mol. The van der Waals surface area contributed by atoms with Gasteiger partial charge >= 0.3 is 5.97 Å². The monoisotopic (exact) mass is 186 g/mol. The van der Waals surface area contributed by atoms with Gasteiger partial charge in [0.1, 0.15) is 12.2 Å². The third-order valence-corrected chi connectivity index (χ3v) is 1.51. The fourth-order valence-corrected chi connectivity index (χ4v) is 0.742. The summed E-state index contributed by atoms with van der Waals surface area (Å²) in [7, 11) is 0. The number of aliphatic hydroxyl groups is 2. The number of hydrogen-bond acceptors (Lipinski definition) is 4. The van der Waals surface area contributed by atoms with Crippen LogP contribution in [0.5, 0.6) is 0 Å². The fourth-order valence-electron chi connectivity index (χ4n) is 0.742. The van der Waals surface area contributed by atoms with Crippen LogP contribution in [0.2, 0.25) is 0 Å². The largest absolute Gasteiger partial charge is 0.458 e. The van der Waals surface area contributed by atoms with Crippen LogP contribution in [0.1, 0.15) is 19.8 Å². The van der Waals surface area contributed by atoms with E-state index in [1.807, 2.05) is 0 Å². The van der Waals surface area contributed by atoms with Gasteiger partial charge in [-0.05, 0) is 0 Å². The fraction of sp³-hybridized carbons (Fsp3) is 0.667. The lowest BCUT2D eigenvalue weighted by molar-refractivity contribution is -0.155. The van der Waals surface area contributed by atoms with Crippen LogP contribution in [0.25, 0.3) is 0 Å². The minimum absolute atomic E-state index is 0.105. The molecule has 0 aliphatic heterocycles. The summed E-state index contributed by atoms with van der Waals surface area (Å²) < 4.78 is 4.80. The SMILES string of the molecule is C#CCC(OC(=O)CC)C(O)CO. The van der Waals surface area contributed by atoms with Crippen molar-refractivity contribution in [3.63, 3.8) is 0 Å². The molecule has 4 nitrogen and oxygen atoms in total. The minimum Gasteiger partial charge on any atom is -0.458 e. The van der Waals surface area contributed by atoms with Crippen molar-refractivity contribution >= 4 is 5.97 Å². The highest BCUT2D eigenvalue weighted by Gasteiger charge is 2.20. The van der Waals surface area contributed by atoms with E-state index in [1.54, 1.807) is 6.92 Å². The van der Waals surface area contributed by atoms with Gasteiger partial charge in [-0.3, -0.25) is 4.79 Å². The van der Waals surface area contributed by atoms with Gasteiger partial charge in [-0.25, -0.2) is 0 Å². The molecule has 0 radical (unpaired) electrons. The maximum atomic E-state index is 10.8. The van der Waals surface area contributed by atoms with Crippen molar-refractivity contribution in [2.45, 2.75) is 32.0 Å². The predicted octanol–water partition coefficient (Wildman–Crippen LogP) is -0.315. The van der Waals surface area contributed by atoms with Crippen LogP contribution in [0.3, 0.4) is 0 Å². The summed E-state index contributed by atoms with van der Waals surface area (Å²) in [5, 5.41) is 17.8. The zero-order valence-electron chi connectivity index (χ0n) is 7.56. The maximum Gasteiger partial charge on any atom is 0.305 e. The Kier molecular flexibility index (Phi) is 5.94. The molecule has 2 N–H and O–H groups in total.